The predicted octanol–water partition coefficient (Wildman–Crippen LogP) is 9.94. The van der Waals surface area contributed by atoms with Crippen LogP contribution in [0.15, 0.2) is 66.7 Å². The fraction of sp³-hybridized carbons (Fsp3) is 0.538. The average Bonchev–Trinajstić information content (AvgIpc) is 3.44. The lowest BCUT2D eigenvalue weighted by atomic mass is 9.52. The first-order chi connectivity index (χ1) is 19.4. The topological polar surface area (TPSA) is 0 Å². The van der Waals surface area contributed by atoms with Crippen LogP contribution in [-0.4, -0.2) is 0 Å². The van der Waals surface area contributed by atoms with Gasteiger partial charge in [0.15, 0.2) is 0 Å². The first-order valence-corrected chi connectivity index (χ1v) is 16.6. The van der Waals surface area contributed by atoms with Crippen molar-refractivity contribution in [2.24, 2.45) is 23.7 Å². The van der Waals surface area contributed by atoms with Crippen molar-refractivity contribution >= 4 is 0 Å². The van der Waals surface area contributed by atoms with Gasteiger partial charge in [0.05, 0.1) is 0 Å². The van der Waals surface area contributed by atoms with Gasteiger partial charge in [0.2, 0.25) is 0 Å². The molecule has 3 aromatic rings. The van der Waals surface area contributed by atoms with E-state index in [1.807, 2.05) is 5.56 Å². The maximum absolute atomic E-state index is 2.62. The Balaban J connectivity index is 1.27. The SMILES string of the molecule is c1ccc2c(c1)CCC2C1CCc2ccccc2C1C1CCC2CCCCC2C1c1cccc2c1CCCC2. The molecule has 0 aliphatic heterocycles. The van der Waals surface area contributed by atoms with Crippen LogP contribution in [0.5, 0.6) is 0 Å². The van der Waals surface area contributed by atoms with Crippen molar-refractivity contribution in [2.45, 2.75) is 108 Å². The lowest BCUT2D eigenvalue weighted by molar-refractivity contribution is 0.0647. The summed E-state index contributed by atoms with van der Waals surface area (Å²) in [4.78, 5) is 0. The van der Waals surface area contributed by atoms with Gasteiger partial charge in [-0.15, -0.1) is 0 Å². The number of benzene rings is 3. The number of fused-ring (bicyclic) bond motifs is 4. The summed E-state index contributed by atoms with van der Waals surface area (Å²) in [5, 5.41) is 0. The maximum atomic E-state index is 2.62. The number of hydrogen-bond donors (Lipinski definition) is 0. The van der Waals surface area contributed by atoms with Crippen molar-refractivity contribution in [3.63, 3.8) is 0 Å². The van der Waals surface area contributed by atoms with E-state index in [2.05, 4.69) is 66.7 Å². The molecule has 0 radical (unpaired) electrons. The van der Waals surface area contributed by atoms with Gasteiger partial charge in [0.25, 0.3) is 0 Å². The van der Waals surface area contributed by atoms with E-state index in [4.69, 9.17) is 0 Å². The monoisotopic (exact) mass is 514 g/mol. The summed E-state index contributed by atoms with van der Waals surface area (Å²) in [5.41, 5.74) is 12.0. The average molecular weight is 515 g/mol. The molecular weight excluding hydrogens is 468 g/mol. The molecule has 39 heavy (non-hydrogen) atoms. The zero-order valence-corrected chi connectivity index (χ0v) is 23.8. The Morgan fingerprint density at radius 2 is 1.10 bits per heavy atom. The maximum Gasteiger partial charge on any atom is -0.00907 e. The van der Waals surface area contributed by atoms with Gasteiger partial charge in [-0.05, 0) is 151 Å². The molecule has 3 aromatic carbocycles. The fourth-order valence-corrected chi connectivity index (χ4v) is 10.8. The molecule has 7 unspecified atom stereocenters. The highest BCUT2D eigenvalue weighted by atomic mass is 14.5. The molecule has 8 rings (SSSR count). The van der Waals surface area contributed by atoms with Crippen LogP contribution in [0.4, 0.5) is 0 Å². The van der Waals surface area contributed by atoms with Gasteiger partial charge in [0.1, 0.15) is 0 Å². The molecule has 5 aliphatic carbocycles. The minimum atomic E-state index is 0.707. The number of hydrogen-bond acceptors (Lipinski definition) is 0. The molecule has 0 spiro atoms. The molecule has 2 saturated carbocycles. The summed E-state index contributed by atoms with van der Waals surface area (Å²) < 4.78 is 0. The standard InChI is InChI=1S/C39H46/c1-6-16-31-26(10-1)14-9-19-35(31)38-32-17-7-4-13-29(32)22-25-37(38)39-33-18-8-3-12-28(33)21-24-36(39)34-23-20-27-11-2-5-15-30(27)34/h2-3,5,8-9,11-12,14-15,18-19,29,32,34,36-39H,1,4,6-7,10,13,16-17,20-25H2. The fourth-order valence-electron chi connectivity index (χ4n) is 10.8. The quantitative estimate of drug-likeness (QED) is 0.326. The Hall–Kier alpha value is -2.34. The van der Waals surface area contributed by atoms with E-state index in [-0.39, 0.29) is 0 Å². The van der Waals surface area contributed by atoms with E-state index in [9.17, 15) is 0 Å². The molecule has 7 atom stereocenters. The van der Waals surface area contributed by atoms with E-state index in [1.54, 1.807) is 33.4 Å². The molecule has 0 bridgehead atoms. The normalized spacial score (nSPS) is 33.5. The Morgan fingerprint density at radius 3 is 2.03 bits per heavy atom. The van der Waals surface area contributed by atoms with Crippen LogP contribution in [-0.2, 0) is 25.7 Å². The molecule has 0 saturated heterocycles. The Morgan fingerprint density at radius 1 is 0.410 bits per heavy atom. The Bertz CT molecular complexity index is 1330. The molecule has 0 aromatic heterocycles. The van der Waals surface area contributed by atoms with Crippen LogP contribution in [0.2, 0.25) is 0 Å². The van der Waals surface area contributed by atoms with Crippen molar-refractivity contribution in [2.75, 3.05) is 0 Å². The van der Waals surface area contributed by atoms with Gasteiger partial charge in [-0.2, -0.15) is 0 Å². The largest absolute Gasteiger partial charge is 0.0620 e. The third-order valence-corrected chi connectivity index (χ3v) is 12.3. The van der Waals surface area contributed by atoms with Crippen LogP contribution in [0.25, 0.3) is 0 Å². The molecule has 202 valence electrons. The second kappa shape index (κ2) is 10.2. The van der Waals surface area contributed by atoms with Crippen molar-refractivity contribution < 1.29 is 0 Å². The second-order valence-corrected chi connectivity index (χ2v) is 13.9. The van der Waals surface area contributed by atoms with Crippen LogP contribution < -0.4 is 0 Å². The van der Waals surface area contributed by atoms with E-state index in [0.717, 1.165) is 35.5 Å². The molecule has 2 fully saturated rings. The van der Waals surface area contributed by atoms with Crippen molar-refractivity contribution in [3.8, 4) is 0 Å². The summed E-state index contributed by atoms with van der Waals surface area (Å²) in [6.07, 6.45) is 19.5. The molecule has 0 nitrogen and oxygen atoms in total. The summed E-state index contributed by atoms with van der Waals surface area (Å²) in [6, 6.07) is 26.8. The summed E-state index contributed by atoms with van der Waals surface area (Å²) in [5.74, 6) is 5.65. The van der Waals surface area contributed by atoms with E-state index in [0.29, 0.717) is 5.92 Å². The van der Waals surface area contributed by atoms with Gasteiger partial charge in [-0.1, -0.05) is 86.0 Å². The number of rotatable bonds is 3. The van der Waals surface area contributed by atoms with Gasteiger partial charge in [-0.25, -0.2) is 0 Å². The third kappa shape index (κ3) is 4.15. The second-order valence-electron chi connectivity index (χ2n) is 13.9. The molecule has 5 aliphatic rings. The van der Waals surface area contributed by atoms with Crippen LogP contribution in [0.1, 0.15) is 121 Å². The van der Waals surface area contributed by atoms with Crippen LogP contribution >= 0.6 is 0 Å². The lowest BCUT2D eigenvalue weighted by Crippen LogP contribution is -2.42. The molecule has 0 N–H and O–H groups in total. The predicted molar refractivity (Wildman–Crippen MR) is 162 cm³/mol. The summed E-state index contributed by atoms with van der Waals surface area (Å²) in [7, 11) is 0. The van der Waals surface area contributed by atoms with Crippen molar-refractivity contribution in [3.05, 3.63) is 106 Å². The molecule has 0 heteroatoms. The Labute approximate surface area is 236 Å². The van der Waals surface area contributed by atoms with Gasteiger partial charge >= 0.3 is 0 Å². The van der Waals surface area contributed by atoms with Gasteiger partial charge in [-0.3, -0.25) is 0 Å². The Kier molecular flexibility index (Phi) is 6.43. The molecule has 0 amide bonds. The smallest absolute Gasteiger partial charge is 0.00907 e. The zero-order chi connectivity index (χ0) is 25.8. The van der Waals surface area contributed by atoms with E-state index < -0.39 is 0 Å². The van der Waals surface area contributed by atoms with Gasteiger partial charge < -0.3 is 0 Å². The minimum Gasteiger partial charge on any atom is -0.0620 e. The summed E-state index contributed by atoms with van der Waals surface area (Å²) >= 11 is 0. The molecular formula is C39H46. The highest BCUT2D eigenvalue weighted by molar-refractivity contribution is 5.44. The first kappa shape index (κ1) is 24.5. The number of aryl methyl sites for hydroxylation is 3. The van der Waals surface area contributed by atoms with E-state index in [1.165, 1.54) is 89.9 Å². The highest BCUT2D eigenvalue weighted by Gasteiger charge is 2.49. The zero-order valence-electron chi connectivity index (χ0n) is 23.8. The highest BCUT2D eigenvalue weighted by Crippen LogP contribution is 2.61. The van der Waals surface area contributed by atoms with Gasteiger partial charge in [0, 0.05) is 0 Å². The van der Waals surface area contributed by atoms with Crippen LogP contribution in [0.3, 0.4) is 0 Å². The molecule has 0 heterocycles. The van der Waals surface area contributed by atoms with Crippen molar-refractivity contribution in [1.29, 1.82) is 0 Å². The summed E-state index contributed by atoms with van der Waals surface area (Å²) in [6.45, 7) is 0. The first-order valence-electron chi connectivity index (χ1n) is 16.6. The minimum absolute atomic E-state index is 0.707. The third-order valence-electron chi connectivity index (χ3n) is 12.3. The lowest BCUT2D eigenvalue weighted by Gasteiger charge is -2.52. The van der Waals surface area contributed by atoms with Crippen LogP contribution in [0, 0.1) is 23.7 Å². The van der Waals surface area contributed by atoms with Crippen molar-refractivity contribution in [1.82, 2.24) is 0 Å². The van der Waals surface area contributed by atoms with E-state index >= 15 is 0 Å².